The van der Waals surface area contributed by atoms with E-state index in [2.05, 4.69) is 0 Å². The lowest BCUT2D eigenvalue weighted by Crippen LogP contribution is -2.52. The van der Waals surface area contributed by atoms with Crippen LogP contribution >= 0.6 is 0 Å². The maximum Gasteiger partial charge on any atom is 0.429 e. The zero-order valence-electron chi connectivity index (χ0n) is 10.2. The van der Waals surface area contributed by atoms with Crippen molar-refractivity contribution in [3.63, 3.8) is 0 Å². The van der Waals surface area contributed by atoms with Gasteiger partial charge in [0.25, 0.3) is 10.1 Å². The summed E-state index contributed by atoms with van der Waals surface area (Å²) in [6.07, 6.45) is -4.95. The van der Waals surface area contributed by atoms with Crippen molar-refractivity contribution in [2.24, 2.45) is 0 Å². The Hall–Kier alpha value is -1.28. The summed E-state index contributed by atoms with van der Waals surface area (Å²) in [6, 6.07) is 5.75. The third-order valence-electron chi connectivity index (χ3n) is 2.39. The van der Waals surface area contributed by atoms with Crippen LogP contribution in [-0.4, -0.2) is 30.5 Å². The monoisotopic (exact) mass is 298 g/mol. The van der Waals surface area contributed by atoms with Gasteiger partial charge in [-0.25, -0.2) is 0 Å². The van der Waals surface area contributed by atoms with Gasteiger partial charge < -0.3 is 4.74 Å². The fraction of sp³-hybridized carbons (Fsp3) is 0.455. The van der Waals surface area contributed by atoms with Gasteiger partial charge in [-0.1, -0.05) is 12.1 Å². The van der Waals surface area contributed by atoms with Gasteiger partial charge in [0.15, 0.2) is 0 Å². The third kappa shape index (κ3) is 4.39. The molecule has 0 amide bonds. The van der Waals surface area contributed by atoms with Crippen LogP contribution in [0, 0.1) is 6.92 Å². The second-order valence-electron chi connectivity index (χ2n) is 4.37. The lowest BCUT2D eigenvalue weighted by molar-refractivity contribution is -0.233. The summed E-state index contributed by atoms with van der Waals surface area (Å²) in [7, 11) is -4.84. The number of alkyl halides is 3. The number of aryl methyl sites for hydroxylation is 1. The van der Waals surface area contributed by atoms with Crippen molar-refractivity contribution in [1.82, 2.24) is 0 Å². The van der Waals surface area contributed by atoms with Crippen molar-refractivity contribution in [3.8, 4) is 5.75 Å². The Morgan fingerprint density at radius 3 is 2.32 bits per heavy atom. The van der Waals surface area contributed by atoms with Gasteiger partial charge in [0.2, 0.25) is 5.60 Å². The maximum absolute atomic E-state index is 12.9. The minimum atomic E-state index is -4.95. The molecule has 19 heavy (non-hydrogen) atoms. The lowest BCUT2D eigenvalue weighted by Gasteiger charge is -2.31. The molecule has 108 valence electrons. The smallest absolute Gasteiger partial charge is 0.429 e. The van der Waals surface area contributed by atoms with Gasteiger partial charge in [0.1, 0.15) is 11.5 Å². The first-order chi connectivity index (χ1) is 8.43. The van der Waals surface area contributed by atoms with Crippen LogP contribution in [-0.2, 0) is 10.1 Å². The highest BCUT2D eigenvalue weighted by molar-refractivity contribution is 7.85. The zero-order valence-corrected chi connectivity index (χ0v) is 11.0. The van der Waals surface area contributed by atoms with E-state index < -0.39 is 27.6 Å². The van der Waals surface area contributed by atoms with E-state index in [-0.39, 0.29) is 5.75 Å². The summed E-state index contributed by atoms with van der Waals surface area (Å²) in [6.45, 7) is 2.23. The Labute approximate surface area is 108 Å². The van der Waals surface area contributed by atoms with E-state index in [0.717, 1.165) is 0 Å². The van der Waals surface area contributed by atoms with Crippen molar-refractivity contribution in [2.75, 3.05) is 5.75 Å². The summed E-state index contributed by atoms with van der Waals surface area (Å²) in [4.78, 5) is 0. The Morgan fingerprint density at radius 2 is 1.89 bits per heavy atom. The predicted octanol–water partition coefficient (Wildman–Crippen LogP) is 2.58. The number of hydrogen-bond acceptors (Lipinski definition) is 3. The third-order valence-corrected chi connectivity index (χ3v) is 3.31. The summed E-state index contributed by atoms with van der Waals surface area (Å²) in [5.41, 5.74) is -2.36. The van der Waals surface area contributed by atoms with Gasteiger partial charge in [-0.15, -0.1) is 0 Å². The van der Waals surface area contributed by atoms with Crippen LogP contribution in [0.25, 0.3) is 0 Å². The Balaban J connectivity index is 3.12. The maximum atomic E-state index is 12.9. The van der Waals surface area contributed by atoms with Crippen LogP contribution in [0.15, 0.2) is 24.3 Å². The molecule has 0 saturated carbocycles. The lowest BCUT2D eigenvalue weighted by atomic mass is 10.1. The molecule has 0 aliphatic rings. The van der Waals surface area contributed by atoms with Gasteiger partial charge in [-0.05, 0) is 31.5 Å². The van der Waals surface area contributed by atoms with Gasteiger partial charge in [-0.2, -0.15) is 21.6 Å². The molecule has 0 aliphatic heterocycles. The van der Waals surface area contributed by atoms with E-state index in [1.165, 1.54) is 18.2 Å². The van der Waals surface area contributed by atoms with Crippen molar-refractivity contribution in [1.29, 1.82) is 0 Å². The van der Waals surface area contributed by atoms with E-state index in [4.69, 9.17) is 9.29 Å². The molecule has 0 aromatic heterocycles. The first-order valence-electron chi connectivity index (χ1n) is 5.20. The van der Waals surface area contributed by atoms with Gasteiger partial charge in [-0.3, -0.25) is 4.55 Å². The van der Waals surface area contributed by atoms with Crippen molar-refractivity contribution in [2.45, 2.75) is 25.6 Å². The highest BCUT2D eigenvalue weighted by Crippen LogP contribution is 2.35. The second kappa shape index (κ2) is 5.01. The number of rotatable bonds is 4. The number of halogens is 3. The molecule has 1 aromatic carbocycles. The molecule has 0 fully saturated rings. The van der Waals surface area contributed by atoms with E-state index in [0.29, 0.717) is 12.5 Å². The molecule has 8 heteroatoms. The van der Waals surface area contributed by atoms with E-state index >= 15 is 0 Å². The summed E-state index contributed by atoms with van der Waals surface area (Å²) in [5, 5.41) is 0. The number of benzene rings is 1. The van der Waals surface area contributed by atoms with E-state index in [1.54, 1.807) is 13.0 Å². The number of hydrogen-bond donors (Lipinski definition) is 1. The van der Waals surface area contributed by atoms with Crippen molar-refractivity contribution >= 4 is 10.1 Å². The normalized spacial score (nSPS) is 15.9. The van der Waals surface area contributed by atoms with Gasteiger partial charge in [0, 0.05) is 0 Å². The highest BCUT2D eigenvalue weighted by Gasteiger charge is 2.56. The highest BCUT2D eigenvalue weighted by atomic mass is 32.2. The molecule has 0 aliphatic carbocycles. The summed E-state index contributed by atoms with van der Waals surface area (Å²) in [5.74, 6) is -1.69. The van der Waals surface area contributed by atoms with Crippen LogP contribution in [0.2, 0.25) is 0 Å². The zero-order chi connectivity index (χ0) is 14.9. The molecule has 0 radical (unpaired) electrons. The molecule has 1 atom stereocenters. The van der Waals surface area contributed by atoms with Crippen molar-refractivity contribution < 1.29 is 30.9 Å². The summed E-state index contributed by atoms with van der Waals surface area (Å²) >= 11 is 0. The van der Waals surface area contributed by atoms with Gasteiger partial charge >= 0.3 is 6.18 Å². The molecule has 1 N–H and O–H groups in total. The molecule has 0 spiro atoms. The van der Waals surface area contributed by atoms with Gasteiger partial charge in [0.05, 0.1) is 0 Å². The minimum absolute atomic E-state index is 0.122. The molecular formula is C11H13F3O4S. The predicted molar refractivity (Wildman–Crippen MR) is 62.7 cm³/mol. The second-order valence-corrected chi connectivity index (χ2v) is 5.83. The van der Waals surface area contributed by atoms with Crippen LogP contribution in [0.4, 0.5) is 13.2 Å². The van der Waals surface area contributed by atoms with E-state index in [1.807, 2.05) is 0 Å². The van der Waals surface area contributed by atoms with E-state index in [9.17, 15) is 21.6 Å². The Kier molecular flexibility index (Phi) is 4.16. The first kappa shape index (κ1) is 15.8. The molecule has 0 saturated heterocycles. The fourth-order valence-corrected chi connectivity index (χ4v) is 2.37. The fourth-order valence-electron chi connectivity index (χ4n) is 1.46. The summed E-state index contributed by atoms with van der Waals surface area (Å²) < 4.78 is 73.6. The Bertz CT molecular complexity index is 553. The number of ether oxygens (including phenoxy) is 1. The molecule has 4 nitrogen and oxygen atoms in total. The quantitative estimate of drug-likeness (QED) is 0.868. The minimum Gasteiger partial charge on any atom is -0.477 e. The molecule has 0 heterocycles. The topological polar surface area (TPSA) is 63.6 Å². The van der Waals surface area contributed by atoms with Crippen LogP contribution in [0.1, 0.15) is 12.5 Å². The average Bonchev–Trinajstić information content (AvgIpc) is 2.11. The molecule has 1 rings (SSSR count). The standard InChI is InChI=1S/C11H13F3O4S/c1-8-4-3-5-9(6-8)18-10(2,11(12,13)14)7-19(15,16)17/h3-6H,7H2,1-2H3,(H,15,16,17). The molecule has 1 unspecified atom stereocenters. The first-order valence-corrected chi connectivity index (χ1v) is 6.81. The largest absolute Gasteiger partial charge is 0.477 e. The van der Waals surface area contributed by atoms with Crippen LogP contribution < -0.4 is 4.74 Å². The molecular weight excluding hydrogens is 285 g/mol. The van der Waals surface area contributed by atoms with Crippen LogP contribution in [0.5, 0.6) is 5.75 Å². The Morgan fingerprint density at radius 1 is 1.32 bits per heavy atom. The average molecular weight is 298 g/mol. The molecule has 0 bridgehead atoms. The van der Waals surface area contributed by atoms with Crippen LogP contribution in [0.3, 0.4) is 0 Å². The molecule has 1 aromatic rings. The SMILES string of the molecule is Cc1cccc(OC(C)(CS(=O)(=O)O)C(F)(F)F)c1. The van der Waals surface area contributed by atoms with Crippen molar-refractivity contribution in [3.05, 3.63) is 29.8 Å².